The fourth-order valence-corrected chi connectivity index (χ4v) is 8.86. The van der Waals surface area contributed by atoms with E-state index < -0.39 is 5.83 Å². The molecule has 1 aromatic carbocycles. The lowest BCUT2D eigenvalue weighted by atomic mass is 9.84. The summed E-state index contributed by atoms with van der Waals surface area (Å²) in [6, 6.07) is 8.03. The summed E-state index contributed by atoms with van der Waals surface area (Å²) >= 11 is 6.59. The molecule has 0 bridgehead atoms. The van der Waals surface area contributed by atoms with Crippen molar-refractivity contribution in [2.75, 3.05) is 62.7 Å². The Hall–Kier alpha value is -3.32. The molecule has 10 heteroatoms. The number of aryl methyl sites for hydroxylation is 2. The van der Waals surface area contributed by atoms with Crippen molar-refractivity contribution in [3.8, 4) is 6.07 Å². The van der Waals surface area contributed by atoms with E-state index in [1.54, 1.807) is 6.07 Å². The van der Waals surface area contributed by atoms with Crippen LogP contribution in [0.2, 0.25) is 0 Å². The molecule has 0 saturated carbocycles. The van der Waals surface area contributed by atoms with Crippen LogP contribution in [0.15, 0.2) is 49.1 Å². The van der Waals surface area contributed by atoms with Gasteiger partial charge in [-0.15, -0.1) is 0 Å². The number of piperazine rings is 1. The van der Waals surface area contributed by atoms with Gasteiger partial charge in [0.05, 0.1) is 23.3 Å². The van der Waals surface area contributed by atoms with Crippen LogP contribution in [-0.2, 0) is 25.8 Å². The summed E-state index contributed by atoms with van der Waals surface area (Å²) in [6.45, 7) is 20.4. The fourth-order valence-electron chi connectivity index (χ4n) is 8.55. The molecular formula is C39H52ClF2N7. The Kier molecular flexibility index (Phi) is 12.2. The highest BCUT2D eigenvalue weighted by atomic mass is 35.5. The van der Waals surface area contributed by atoms with Crippen molar-refractivity contribution >= 4 is 28.1 Å². The number of allylic oxidation sites excluding steroid dienone is 3. The molecule has 7 nitrogen and oxygen atoms in total. The number of likely N-dealkylation sites (N-methyl/N-ethyl adjacent to an activating group) is 1. The summed E-state index contributed by atoms with van der Waals surface area (Å²) in [5.74, 6) is 3.01. The maximum absolute atomic E-state index is 14.6. The Labute approximate surface area is 296 Å². The average Bonchev–Trinajstić information content (AvgIpc) is 3.55. The number of nitrogens with zero attached hydrogens (tertiary/aromatic N) is 7. The maximum Gasteiger partial charge on any atom is 0.136 e. The highest BCUT2D eigenvalue weighted by molar-refractivity contribution is 6.50. The van der Waals surface area contributed by atoms with Crippen molar-refractivity contribution in [2.24, 2.45) is 11.8 Å². The van der Waals surface area contributed by atoms with Gasteiger partial charge in [-0.05, 0) is 68.7 Å². The number of nitriles is 1. The van der Waals surface area contributed by atoms with Crippen LogP contribution in [0.5, 0.6) is 0 Å². The molecule has 3 fully saturated rings. The molecule has 7 rings (SSSR count). The summed E-state index contributed by atoms with van der Waals surface area (Å²) in [5.41, 5.74) is 5.80. The smallest absolute Gasteiger partial charge is 0.136 e. The van der Waals surface area contributed by atoms with Crippen LogP contribution < -0.4 is 9.80 Å². The van der Waals surface area contributed by atoms with Crippen molar-refractivity contribution in [3.05, 3.63) is 77.3 Å². The van der Waals surface area contributed by atoms with Gasteiger partial charge >= 0.3 is 0 Å². The van der Waals surface area contributed by atoms with Crippen LogP contribution in [0.1, 0.15) is 74.7 Å². The van der Waals surface area contributed by atoms with Gasteiger partial charge in [0, 0.05) is 87.9 Å². The third-order valence-corrected chi connectivity index (χ3v) is 11.1. The number of rotatable bonds is 6. The van der Waals surface area contributed by atoms with Crippen LogP contribution in [0, 0.1) is 23.2 Å². The lowest BCUT2D eigenvalue weighted by Crippen LogP contribution is -2.46. The maximum atomic E-state index is 14.6. The van der Waals surface area contributed by atoms with E-state index in [9.17, 15) is 8.78 Å². The van der Waals surface area contributed by atoms with Crippen molar-refractivity contribution in [1.82, 2.24) is 19.8 Å². The number of anilines is 2. The number of hydrogen-bond acceptors (Lipinski definition) is 7. The van der Waals surface area contributed by atoms with Crippen molar-refractivity contribution in [1.29, 1.82) is 5.26 Å². The first-order valence-corrected chi connectivity index (χ1v) is 18.1. The molecule has 5 aliphatic rings. The molecule has 0 radical (unpaired) electrons. The monoisotopic (exact) mass is 691 g/mol. The second kappa shape index (κ2) is 16.1. The van der Waals surface area contributed by atoms with Gasteiger partial charge < -0.3 is 14.7 Å². The summed E-state index contributed by atoms with van der Waals surface area (Å²) in [5, 5.41) is 7.61. The molecule has 264 valence electrons. The minimum Gasteiger partial charge on any atom is -0.365 e. The number of fused-ring (bicyclic) bond motifs is 3. The van der Waals surface area contributed by atoms with Crippen LogP contribution in [0.25, 0.3) is 5.03 Å². The standard InChI is InChI=1S/C33H44ClFN6.C4H5F.C2H3N/c1-22-17-33(18-23(2)20-41(33)19-22)11-9-29-36-27-21-40(28-6-4-5-24-7-8-26(35)31(34)30(24)28)12-10-25(27)32(37-29)39-15-13-38(3)14-16-39;1-3-4(2)5;1-2-3/h4-6,22-23H,7-21H2,1-3H3;3H,1-2H2;1H3. The first kappa shape index (κ1) is 36.9. The number of hydrogen-bond donors (Lipinski definition) is 0. The van der Waals surface area contributed by atoms with E-state index in [1.807, 2.05) is 0 Å². The van der Waals surface area contributed by atoms with Crippen molar-refractivity contribution in [2.45, 2.75) is 77.8 Å². The highest BCUT2D eigenvalue weighted by Crippen LogP contribution is 2.46. The minimum atomic E-state index is -0.481. The second-order valence-electron chi connectivity index (χ2n) is 14.5. The molecule has 2 atom stereocenters. The molecule has 1 aromatic heterocycles. The van der Waals surface area contributed by atoms with Gasteiger partial charge in [0.1, 0.15) is 23.3 Å². The van der Waals surface area contributed by atoms with E-state index in [4.69, 9.17) is 26.8 Å². The topological polar surface area (TPSA) is 62.5 Å². The molecule has 2 unspecified atom stereocenters. The summed E-state index contributed by atoms with van der Waals surface area (Å²) in [6.07, 6.45) is 7.68. The molecule has 3 saturated heterocycles. The van der Waals surface area contributed by atoms with Gasteiger partial charge in [-0.1, -0.05) is 50.7 Å². The molecule has 5 heterocycles. The molecule has 2 aromatic rings. The predicted molar refractivity (Wildman–Crippen MR) is 197 cm³/mol. The van der Waals surface area contributed by atoms with Gasteiger partial charge in [0.15, 0.2) is 0 Å². The Bertz CT molecular complexity index is 1580. The summed E-state index contributed by atoms with van der Waals surface area (Å²) in [4.78, 5) is 20.6. The zero-order valence-corrected chi connectivity index (χ0v) is 30.5. The minimum absolute atomic E-state index is 0.193. The molecule has 0 amide bonds. The normalized spacial score (nSPS) is 24.9. The zero-order chi connectivity index (χ0) is 35.3. The van der Waals surface area contributed by atoms with Gasteiger partial charge in [-0.2, -0.15) is 5.26 Å². The van der Waals surface area contributed by atoms with E-state index >= 15 is 0 Å². The van der Waals surface area contributed by atoms with Gasteiger partial charge in [-0.3, -0.25) is 4.90 Å². The van der Waals surface area contributed by atoms with Gasteiger partial charge in [-0.25, -0.2) is 18.7 Å². The van der Waals surface area contributed by atoms with Crippen LogP contribution in [0.3, 0.4) is 0 Å². The molecule has 4 aliphatic heterocycles. The van der Waals surface area contributed by atoms with E-state index in [0.29, 0.717) is 24.9 Å². The largest absolute Gasteiger partial charge is 0.365 e. The van der Waals surface area contributed by atoms with E-state index in [0.717, 1.165) is 104 Å². The Morgan fingerprint density at radius 2 is 1.71 bits per heavy atom. The van der Waals surface area contributed by atoms with Gasteiger partial charge in [0.2, 0.25) is 0 Å². The average molecular weight is 692 g/mol. The van der Waals surface area contributed by atoms with Crippen LogP contribution in [0.4, 0.5) is 20.3 Å². The Morgan fingerprint density at radius 1 is 1.06 bits per heavy atom. The predicted octanol–water partition coefficient (Wildman–Crippen LogP) is 7.85. The molecule has 0 N–H and O–H groups in total. The van der Waals surface area contributed by atoms with Gasteiger partial charge in [0.25, 0.3) is 0 Å². The first-order valence-electron chi connectivity index (χ1n) is 17.7. The van der Waals surface area contributed by atoms with Crippen LogP contribution in [-0.4, -0.2) is 78.2 Å². The quantitative estimate of drug-likeness (QED) is 0.286. The highest BCUT2D eigenvalue weighted by Gasteiger charge is 2.49. The molecular weight excluding hydrogens is 640 g/mol. The van der Waals surface area contributed by atoms with E-state index in [2.05, 4.69) is 71.9 Å². The van der Waals surface area contributed by atoms with Crippen molar-refractivity contribution in [3.63, 3.8) is 0 Å². The first-order chi connectivity index (χ1) is 23.5. The Morgan fingerprint density at radius 3 is 2.35 bits per heavy atom. The lowest BCUT2D eigenvalue weighted by Gasteiger charge is -2.38. The van der Waals surface area contributed by atoms with E-state index in [1.165, 1.54) is 38.4 Å². The number of aromatic nitrogens is 2. The fraction of sp³-hybridized carbons (Fsp3) is 0.564. The Balaban J connectivity index is 0.000000531. The summed E-state index contributed by atoms with van der Waals surface area (Å²) in [7, 11) is 2.20. The van der Waals surface area contributed by atoms with E-state index in [-0.39, 0.29) is 10.9 Å². The SMILES string of the molecule is C=CC(=C)F.CC#N.CC1CN2CC(C)CC2(CCc2nc3c(c(N4CCN(C)CC4)n2)CCN(c2cccc4c2C(Cl)=C(F)CC4)C3)C1. The molecule has 0 spiro atoms. The molecule has 49 heavy (non-hydrogen) atoms. The third-order valence-electron chi connectivity index (χ3n) is 10.7. The summed E-state index contributed by atoms with van der Waals surface area (Å²) < 4.78 is 25.7. The van der Waals surface area contributed by atoms with Crippen molar-refractivity contribution < 1.29 is 8.78 Å². The lowest BCUT2D eigenvalue weighted by molar-refractivity contribution is 0.181. The molecule has 1 aliphatic carbocycles. The zero-order valence-electron chi connectivity index (χ0n) is 29.7. The number of benzene rings is 1. The number of halogens is 3. The van der Waals surface area contributed by atoms with Crippen LogP contribution >= 0.6 is 11.6 Å². The third kappa shape index (κ3) is 8.36. The second-order valence-corrected chi connectivity index (χ2v) is 14.9.